The summed E-state index contributed by atoms with van der Waals surface area (Å²) < 4.78 is 2.04. The highest BCUT2D eigenvalue weighted by atomic mass is 79.9. The highest BCUT2D eigenvalue weighted by Crippen LogP contribution is 2.31. The van der Waals surface area contributed by atoms with Crippen molar-refractivity contribution in [3.63, 3.8) is 0 Å². The zero-order valence-electron chi connectivity index (χ0n) is 10.1. The van der Waals surface area contributed by atoms with E-state index in [1.807, 2.05) is 36.4 Å². The summed E-state index contributed by atoms with van der Waals surface area (Å²) in [4.78, 5) is 0. The van der Waals surface area contributed by atoms with Crippen LogP contribution in [0.3, 0.4) is 0 Å². The second-order valence-corrected chi connectivity index (χ2v) is 6.75. The van der Waals surface area contributed by atoms with E-state index < -0.39 is 0 Å². The number of halogens is 4. The summed E-state index contributed by atoms with van der Waals surface area (Å²) in [7, 11) is 0. The van der Waals surface area contributed by atoms with Crippen LogP contribution in [0.25, 0.3) is 0 Å². The van der Waals surface area contributed by atoms with Crippen molar-refractivity contribution in [2.75, 3.05) is 5.32 Å². The van der Waals surface area contributed by atoms with E-state index in [9.17, 15) is 0 Å². The fraction of sp³-hybridized carbons (Fsp3) is 0.143. The predicted octanol–water partition coefficient (Wildman–Crippen LogP) is 6.69. The lowest BCUT2D eigenvalue weighted by atomic mass is 10.1. The highest BCUT2D eigenvalue weighted by molar-refractivity contribution is 9.11. The van der Waals surface area contributed by atoms with Crippen molar-refractivity contribution in [3.8, 4) is 0 Å². The minimum absolute atomic E-state index is 0.125. The molecule has 0 spiro atoms. The van der Waals surface area contributed by atoms with Crippen molar-refractivity contribution >= 4 is 60.7 Å². The van der Waals surface area contributed by atoms with E-state index >= 15 is 0 Å². The van der Waals surface area contributed by atoms with Gasteiger partial charge in [0.15, 0.2) is 0 Å². The van der Waals surface area contributed by atoms with E-state index in [-0.39, 0.29) is 6.04 Å². The third-order valence-electron chi connectivity index (χ3n) is 2.74. The Hall–Kier alpha value is -0.220. The molecular formula is C14H11Br2Cl2N. The first kappa shape index (κ1) is 15.2. The lowest BCUT2D eigenvalue weighted by Crippen LogP contribution is -2.07. The van der Waals surface area contributed by atoms with Crippen molar-refractivity contribution in [1.82, 2.24) is 0 Å². The molecule has 2 aromatic rings. The van der Waals surface area contributed by atoms with Crippen LogP contribution in [0.1, 0.15) is 18.5 Å². The maximum absolute atomic E-state index is 6.04. The fourth-order valence-corrected chi connectivity index (χ4v) is 2.74. The van der Waals surface area contributed by atoms with Gasteiger partial charge in [-0.2, -0.15) is 0 Å². The Balaban J connectivity index is 2.22. The third kappa shape index (κ3) is 3.88. The molecule has 0 aliphatic carbocycles. The molecule has 1 atom stereocenters. The molecule has 0 heterocycles. The molecule has 0 radical (unpaired) electrons. The Labute approximate surface area is 139 Å². The first-order valence-electron chi connectivity index (χ1n) is 5.64. The molecule has 0 amide bonds. The lowest BCUT2D eigenvalue weighted by molar-refractivity contribution is 0.883. The molecule has 0 aromatic heterocycles. The minimum atomic E-state index is 0.125. The molecule has 5 heteroatoms. The first-order valence-corrected chi connectivity index (χ1v) is 7.98. The quantitative estimate of drug-likeness (QED) is 0.579. The maximum atomic E-state index is 6.04. The molecule has 1 unspecified atom stereocenters. The molecule has 0 aliphatic heterocycles. The molecule has 19 heavy (non-hydrogen) atoms. The van der Waals surface area contributed by atoms with Crippen LogP contribution in [0, 0.1) is 0 Å². The summed E-state index contributed by atoms with van der Waals surface area (Å²) in [6.45, 7) is 2.08. The van der Waals surface area contributed by atoms with E-state index in [2.05, 4.69) is 44.1 Å². The summed E-state index contributed by atoms with van der Waals surface area (Å²) in [5.41, 5.74) is 2.11. The van der Waals surface area contributed by atoms with Gasteiger partial charge in [-0.1, -0.05) is 45.2 Å². The molecule has 2 aromatic carbocycles. The smallest absolute Gasteiger partial charge is 0.0595 e. The van der Waals surface area contributed by atoms with Crippen LogP contribution in [0.4, 0.5) is 5.69 Å². The molecule has 0 aliphatic rings. The molecule has 0 saturated carbocycles. The van der Waals surface area contributed by atoms with Crippen LogP contribution in [0.5, 0.6) is 0 Å². The molecule has 0 saturated heterocycles. The number of hydrogen-bond acceptors (Lipinski definition) is 1. The minimum Gasteiger partial charge on any atom is -0.378 e. The number of benzene rings is 2. The molecule has 100 valence electrons. The standard InChI is InChI=1S/C14H11Br2Cl2N/c1-8(9-2-5-12(17)13(18)6-9)19-14-7-10(15)3-4-11(14)16/h2-8,19H,1H3. The SMILES string of the molecule is CC(Nc1cc(Br)ccc1Br)c1ccc(Cl)c(Cl)c1. The van der Waals surface area contributed by atoms with Crippen molar-refractivity contribution in [2.45, 2.75) is 13.0 Å². The van der Waals surface area contributed by atoms with Crippen molar-refractivity contribution in [2.24, 2.45) is 0 Å². The van der Waals surface area contributed by atoms with Crippen molar-refractivity contribution in [1.29, 1.82) is 0 Å². The molecule has 2 rings (SSSR count). The largest absolute Gasteiger partial charge is 0.378 e. The van der Waals surface area contributed by atoms with Gasteiger partial charge in [0.05, 0.1) is 15.7 Å². The lowest BCUT2D eigenvalue weighted by Gasteiger charge is -2.17. The summed E-state index contributed by atoms with van der Waals surface area (Å²) >= 11 is 19.0. The summed E-state index contributed by atoms with van der Waals surface area (Å²) in [5.74, 6) is 0. The molecular weight excluding hydrogens is 413 g/mol. The van der Waals surface area contributed by atoms with Crippen LogP contribution in [-0.2, 0) is 0 Å². The number of anilines is 1. The van der Waals surface area contributed by atoms with Gasteiger partial charge in [-0.3, -0.25) is 0 Å². The Bertz CT molecular complexity index is 602. The van der Waals surface area contributed by atoms with Crippen LogP contribution in [0.15, 0.2) is 45.3 Å². The third-order valence-corrected chi connectivity index (χ3v) is 4.67. The number of rotatable bonds is 3. The van der Waals surface area contributed by atoms with E-state index in [1.54, 1.807) is 0 Å². The van der Waals surface area contributed by atoms with Gasteiger partial charge in [-0.15, -0.1) is 0 Å². The second-order valence-electron chi connectivity index (χ2n) is 4.16. The maximum Gasteiger partial charge on any atom is 0.0595 e. The van der Waals surface area contributed by atoms with Gasteiger partial charge < -0.3 is 5.32 Å². The van der Waals surface area contributed by atoms with Gasteiger partial charge in [0.25, 0.3) is 0 Å². The first-order chi connectivity index (χ1) is 8.97. The highest BCUT2D eigenvalue weighted by Gasteiger charge is 2.09. The van der Waals surface area contributed by atoms with Gasteiger partial charge in [-0.05, 0) is 58.7 Å². The summed E-state index contributed by atoms with van der Waals surface area (Å²) in [6.07, 6.45) is 0. The monoisotopic (exact) mass is 421 g/mol. The van der Waals surface area contributed by atoms with E-state index in [1.165, 1.54) is 0 Å². The average molecular weight is 424 g/mol. The van der Waals surface area contributed by atoms with Crippen molar-refractivity contribution < 1.29 is 0 Å². The van der Waals surface area contributed by atoms with Gasteiger partial charge >= 0.3 is 0 Å². The van der Waals surface area contributed by atoms with Crippen LogP contribution < -0.4 is 5.32 Å². The summed E-state index contributed by atoms with van der Waals surface area (Å²) in [6, 6.07) is 11.8. The number of hydrogen-bond donors (Lipinski definition) is 1. The Kier molecular flexibility index (Phi) is 5.18. The van der Waals surface area contributed by atoms with E-state index in [0.717, 1.165) is 20.2 Å². The van der Waals surface area contributed by atoms with Crippen LogP contribution >= 0.6 is 55.1 Å². The Morgan fingerprint density at radius 2 is 1.74 bits per heavy atom. The van der Waals surface area contributed by atoms with Crippen molar-refractivity contribution in [3.05, 3.63) is 61.0 Å². The van der Waals surface area contributed by atoms with Gasteiger partial charge in [0.2, 0.25) is 0 Å². The normalized spacial score (nSPS) is 12.3. The van der Waals surface area contributed by atoms with Crippen LogP contribution in [0.2, 0.25) is 10.0 Å². The Morgan fingerprint density at radius 3 is 2.42 bits per heavy atom. The molecule has 0 bridgehead atoms. The Morgan fingerprint density at radius 1 is 1.00 bits per heavy atom. The van der Waals surface area contributed by atoms with Gasteiger partial charge in [0.1, 0.15) is 0 Å². The molecule has 1 nitrogen and oxygen atoms in total. The van der Waals surface area contributed by atoms with E-state index in [4.69, 9.17) is 23.2 Å². The topological polar surface area (TPSA) is 12.0 Å². The number of nitrogens with one attached hydrogen (secondary N) is 1. The van der Waals surface area contributed by atoms with Gasteiger partial charge in [0, 0.05) is 15.0 Å². The zero-order valence-corrected chi connectivity index (χ0v) is 14.7. The zero-order chi connectivity index (χ0) is 14.0. The average Bonchev–Trinajstić information content (AvgIpc) is 2.37. The fourth-order valence-electron chi connectivity index (χ4n) is 1.71. The van der Waals surface area contributed by atoms with E-state index in [0.29, 0.717) is 10.0 Å². The van der Waals surface area contributed by atoms with Gasteiger partial charge in [-0.25, -0.2) is 0 Å². The summed E-state index contributed by atoms with van der Waals surface area (Å²) in [5, 5.41) is 4.58. The second kappa shape index (κ2) is 6.49. The predicted molar refractivity (Wildman–Crippen MR) is 90.3 cm³/mol. The van der Waals surface area contributed by atoms with Crippen LogP contribution in [-0.4, -0.2) is 0 Å². The molecule has 0 fully saturated rings. The molecule has 1 N–H and O–H groups in total.